The molecule has 0 aliphatic carbocycles. The Kier molecular flexibility index (Phi) is 4.79. The maximum absolute atomic E-state index is 9.00. The maximum atomic E-state index is 9.00. The van der Waals surface area contributed by atoms with Crippen molar-refractivity contribution in [3.05, 3.63) is 16.2 Å². The van der Waals surface area contributed by atoms with Crippen molar-refractivity contribution in [3.63, 3.8) is 0 Å². The van der Waals surface area contributed by atoms with Gasteiger partial charge >= 0.3 is 0 Å². The summed E-state index contributed by atoms with van der Waals surface area (Å²) in [5, 5.41) is 10.3. The van der Waals surface area contributed by atoms with Gasteiger partial charge in [0.15, 0.2) is 0 Å². The van der Waals surface area contributed by atoms with Crippen LogP contribution in [0.25, 0.3) is 10.2 Å². The van der Waals surface area contributed by atoms with Crippen LogP contribution in [0.2, 0.25) is 5.28 Å². The molecule has 0 N–H and O–H groups in total. The van der Waals surface area contributed by atoms with Crippen LogP contribution in [0.4, 0.5) is 5.82 Å². The van der Waals surface area contributed by atoms with Crippen LogP contribution in [0.15, 0.2) is 6.07 Å². The van der Waals surface area contributed by atoms with Crippen LogP contribution < -0.4 is 4.90 Å². The first-order valence-corrected chi connectivity index (χ1v) is 7.89. The number of hydrogen-bond donors (Lipinski definition) is 0. The molecule has 0 amide bonds. The Morgan fingerprint density at radius 3 is 2.80 bits per heavy atom. The van der Waals surface area contributed by atoms with Crippen molar-refractivity contribution in [3.8, 4) is 6.07 Å². The molecule has 0 saturated carbocycles. The number of fused-ring (bicyclic) bond motifs is 1. The minimum atomic E-state index is -0.0528. The fourth-order valence-electron chi connectivity index (χ4n) is 2.08. The average Bonchev–Trinajstić information content (AvgIpc) is 2.86. The van der Waals surface area contributed by atoms with E-state index in [1.807, 2.05) is 6.92 Å². The smallest absolute Gasteiger partial charge is 0.225 e. The molecule has 0 aliphatic heterocycles. The molecule has 0 bridgehead atoms. The lowest BCUT2D eigenvalue weighted by atomic mass is 10.2. The topological polar surface area (TPSA) is 52.8 Å². The van der Waals surface area contributed by atoms with Crippen molar-refractivity contribution in [1.29, 1.82) is 5.26 Å². The lowest BCUT2D eigenvalue weighted by molar-refractivity contribution is 0.681. The van der Waals surface area contributed by atoms with Gasteiger partial charge in [-0.2, -0.15) is 10.2 Å². The van der Waals surface area contributed by atoms with Gasteiger partial charge in [0.25, 0.3) is 0 Å². The van der Waals surface area contributed by atoms with Crippen LogP contribution in [0, 0.1) is 17.2 Å². The molecule has 2 aromatic rings. The number of hydrogen-bond acceptors (Lipinski definition) is 5. The second-order valence-corrected chi connectivity index (χ2v) is 6.12. The van der Waals surface area contributed by atoms with E-state index in [1.54, 1.807) is 11.3 Å². The number of aromatic nitrogens is 2. The van der Waals surface area contributed by atoms with Crippen LogP contribution in [0.5, 0.6) is 0 Å². The van der Waals surface area contributed by atoms with Gasteiger partial charge in [0.2, 0.25) is 5.28 Å². The summed E-state index contributed by atoms with van der Waals surface area (Å²) in [6, 6.07) is 4.39. The van der Waals surface area contributed by atoms with E-state index in [4.69, 9.17) is 16.9 Å². The number of nitriles is 1. The van der Waals surface area contributed by atoms with Crippen molar-refractivity contribution < 1.29 is 0 Å². The molecule has 0 spiro atoms. The van der Waals surface area contributed by atoms with E-state index >= 15 is 0 Å². The van der Waals surface area contributed by atoms with Crippen LogP contribution >= 0.6 is 22.9 Å². The number of halogens is 1. The van der Waals surface area contributed by atoms with Crippen LogP contribution in [-0.2, 0) is 6.42 Å². The van der Waals surface area contributed by atoms with Gasteiger partial charge in [0, 0.05) is 18.0 Å². The third-order valence-electron chi connectivity index (χ3n) is 3.14. The lowest BCUT2D eigenvalue weighted by Gasteiger charge is -2.23. The molecule has 2 heterocycles. The summed E-state index contributed by atoms with van der Waals surface area (Å²) in [5.74, 6) is 0.781. The van der Waals surface area contributed by atoms with Gasteiger partial charge in [-0.25, -0.2) is 4.98 Å². The fraction of sp³-hybridized carbons (Fsp3) is 0.500. The predicted octanol–water partition coefficient (Wildman–Crippen LogP) is 3.89. The molecule has 20 heavy (non-hydrogen) atoms. The molecular formula is C14H17ClN4S. The molecule has 0 saturated heterocycles. The fourth-order valence-corrected chi connectivity index (χ4v) is 3.26. The van der Waals surface area contributed by atoms with Crippen LogP contribution in [0.1, 0.15) is 25.6 Å². The Morgan fingerprint density at radius 1 is 1.45 bits per heavy atom. The van der Waals surface area contributed by atoms with Crippen LogP contribution in [-0.4, -0.2) is 23.1 Å². The molecule has 4 nitrogen and oxygen atoms in total. The highest BCUT2D eigenvalue weighted by atomic mass is 35.5. The predicted molar refractivity (Wildman–Crippen MR) is 84.5 cm³/mol. The first kappa shape index (κ1) is 15.0. The largest absolute Gasteiger partial charge is 0.355 e. The van der Waals surface area contributed by atoms with Crippen molar-refractivity contribution in [2.24, 2.45) is 5.92 Å². The molecule has 0 fully saturated rings. The first-order chi connectivity index (χ1) is 9.58. The van der Waals surface area contributed by atoms with Crippen molar-refractivity contribution >= 4 is 39.0 Å². The Bertz CT molecular complexity index is 646. The molecule has 6 heteroatoms. The average molecular weight is 309 g/mol. The Balaban J connectivity index is 2.50. The Hall–Kier alpha value is -1.38. The highest BCUT2D eigenvalue weighted by molar-refractivity contribution is 7.18. The standard InChI is InChI=1S/C14H17ClN4S/c1-4-10-6-11-12(17-14(15)18-13(11)20-10)19(5-2)8-9(3)7-16/h6,9H,4-5,8H2,1-3H3. The Labute approximate surface area is 128 Å². The SMILES string of the molecule is CCc1cc2c(N(CC)CC(C)C#N)nc(Cl)nc2s1. The van der Waals surface area contributed by atoms with Gasteiger partial charge in [0.1, 0.15) is 10.6 Å². The van der Waals surface area contributed by atoms with E-state index in [0.29, 0.717) is 6.54 Å². The second-order valence-electron chi connectivity index (χ2n) is 4.67. The zero-order valence-corrected chi connectivity index (χ0v) is 13.4. The zero-order chi connectivity index (χ0) is 14.7. The van der Waals surface area contributed by atoms with Gasteiger partial charge < -0.3 is 4.90 Å². The normalized spacial score (nSPS) is 12.3. The van der Waals surface area contributed by atoms with Crippen molar-refractivity contribution in [2.75, 3.05) is 18.0 Å². The molecule has 1 unspecified atom stereocenters. The molecule has 1 atom stereocenters. The van der Waals surface area contributed by atoms with Gasteiger partial charge in [-0.15, -0.1) is 11.3 Å². The van der Waals surface area contributed by atoms with Gasteiger partial charge in [-0.3, -0.25) is 0 Å². The quantitative estimate of drug-likeness (QED) is 0.786. The number of aryl methyl sites for hydroxylation is 1. The highest BCUT2D eigenvalue weighted by Gasteiger charge is 2.17. The van der Waals surface area contributed by atoms with E-state index in [0.717, 1.165) is 29.0 Å². The molecule has 0 radical (unpaired) electrons. The zero-order valence-electron chi connectivity index (χ0n) is 11.9. The Morgan fingerprint density at radius 2 is 2.20 bits per heavy atom. The summed E-state index contributed by atoms with van der Waals surface area (Å²) in [4.78, 5) is 13.0. The van der Waals surface area contributed by atoms with E-state index in [9.17, 15) is 0 Å². The summed E-state index contributed by atoms with van der Waals surface area (Å²) in [5.41, 5.74) is 0. The molecular weight excluding hydrogens is 292 g/mol. The molecule has 0 aliphatic rings. The number of anilines is 1. The van der Waals surface area contributed by atoms with E-state index < -0.39 is 0 Å². The van der Waals surface area contributed by atoms with Gasteiger partial charge in [-0.1, -0.05) is 6.92 Å². The molecule has 106 valence electrons. The second kappa shape index (κ2) is 6.38. The maximum Gasteiger partial charge on any atom is 0.225 e. The highest BCUT2D eigenvalue weighted by Crippen LogP contribution is 2.32. The number of thiophene rings is 1. The molecule has 2 rings (SSSR count). The minimum Gasteiger partial charge on any atom is -0.355 e. The summed E-state index contributed by atoms with van der Waals surface area (Å²) >= 11 is 7.69. The van der Waals surface area contributed by atoms with Crippen molar-refractivity contribution in [1.82, 2.24) is 9.97 Å². The first-order valence-electron chi connectivity index (χ1n) is 6.69. The van der Waals surface area contributed by atoms with Crippen molar-refractivity contribution in [2.45, 2.75) is 27.2 Å². The summed E-state index contributed by atoms with van der Waals surface area (Å²) in [7, 11) is 0. The van der Waals surface area contributed by atoms with Gasteiger partial charge in [0.05, 0.1) is 17.4 Å². The van der Waals surface area contributed by atoms with Crippen LogP contribution in [0.3, 0.4) is 0 Å². The van der Waals surface area contributed by atoms with E-state index in [1.165, 1.54) is 4.88 Å². The minimum absolute atomic E-state index is 0.0528. The third-order valence-corrected chi connectivity index (χ3v) is 4.48. The number of rotatable bonds is 5. The third kappa shape index (κ3) is 3.02. The number of nitrogens with zero attached hydrogens (tertiary/aromatic N) is 4. The van der Waals surface area contributed by atoms with E-state index in [-0.39, 0.29) is 11.2 Å². The molecule has 0 aromatic carbocycles. The summed E-state index contributed by atoms with van der Waals surface area (Å²) < 4.78 is 0. The lowest BCUT2D eigenvalue weighted by Crippen LogP contribution is -2.28. The summed E-state index contributed by atoms with van der Waals surface area (Å²) in [6.45, 7) is 7.51. The van der Waals surface area contributed by atoms with Gasteiger partial charge in [-0.05, 0) is 37.9 Å². The molecule has 2 aromatic heterocycles. The monoisotopic (exact) mass is 308 g/mol. The summed E-state index contributed by atoms with van der Waals surface area (Å²) in [6.07, 6.45) is 0.971. The van der Waals surface area contributed by atoms with E-state index in [2.05, 4.69) is 40.9 Å².